The van der Waals surface area contributed by atoms with E-state index in [1.165, 1.54) is 23.9 Å². The Hall–Kier alpha value is -1.72. The number of aryl methyl sites for hydroxylation is 1. The van der Waals surface area contributed by atoms with E-state index in [1.54, 1.807) is 0 Å². The zero-order valence-corrected chi connectivity index (χ0v) is 8.04. The highest BCUT2D eigenvalue weighted by Crippen LogP contribution is 1.95. The molecule has 0 saturated carbocycles. The topological polar surface area (TPSA) is 51.1 Å². The highest BCUT2D eigenvalue weighted by molar-refractivity contribution is 5.93. The van der Waals surface area contributed by atoms with Crippen LogP contribution in [-0.2, 0) is 7.05 Å². The molecule has 0 saturated heterocycles. The molecule has 0 radical (unpaired) electrons. The molecule has 1 N–H and O–H groups in total. The third-order valence-corrected chi connectivity index (χ3v) is 1.78. The van der Waals surface area contributed by atoms with Crippen LogP contribution in [-0.4, -0.2) is 23.4 Å². The minimum absolute atomic E-state index is 0.0822. The first-order valence-electron chi connectivity index (χ1n) is 4.23. The van der Waals surface area contributed by atoms with Crippen LogP contribution >= 0.6 is 0 Å². The van der Waals surface area contributed by atoms with E-state index in [0.29, 0.717) is 0 Å². The van der Waals surface area contributed by atoms with Gasteiger partial charge in [0, 0.05) is 24.9 Å². The van der Waals surface area contributed by atoms with Crippen LogP contribution in [0.2, 0.25) is 0 Å². The van der Waals surface area contributed by atoms with Gasteiger partial charge in [-0.2, -0.15) is 0 Å². The fourth-order valence-corrected chi connectivity index (χ4v) is 0.962. The van der Waals surface area contributed by atoms with Gasteiger partial charge in [0.25, 0.3) is 17.9 Å². The minimum atomic E-state index is -2.60. The molecule has 6 heteroatoms. The monoisotopic (exact) mass is 216 g/mol. The lowest BCUT2D eigenvalue weighted by Gasteiger charge is -2.04. The summed E-state index contributed by atoms with van der Waals surface area (Å²) < 4.78 is 24.8. The molecule has 0 aliphatic heterocycles. The van der Waals surface area contributed by atoms with Crippen molar-refractivity contribution in [1.82, 2.24) is 9.88 Å². The van der Waals surface area contributed by atoms with E-state index in [1.807, 2.05) is 5.32 Å². The number of alkyl halides is 2. The molecule has 0 bridgehead atoms. The number of aromatic nitrogens is 1. The number of hydrogen-bond acceptors (Lipinski definition) is 2. The molecule has 0 unspecified atom stereocenters. The summed E-state index contributed by atoms with van der Waals surface area (Å²) in [5.74, 6) is -0.673. The van der Waals surface area contributed by atoms with Crippen molar-refractivity contribution in [2.24, 2.45) is 7.05 Å². The van der Waals surface area contributed by atoms with E-state index in [9.17, 15) is 18.4 Å². The predicted octanol–water partition coefficient (Wildman–Crippen LogP) is 0.380. The fraction of sp³-hybridized carbons (Fsp3) is 0.333. The second kappa shape index (κ2) is 4.68. The molecule has 15 heavy (non-hydrogen) atoms. The zero-order chi connectivity index (χ0) is 11.4. The third kappa shape index (κ3) is 3.16. The van der Waals surface area contributed by atoms with Crippen molar-refractivity contribution in [1.29, 1.82) is 0 Å². The molecule has 1 heterocycles. The molecule has 1 aromatic rings. The molecule has 0 aliphatic carbocycles. The molecule has 1 aromatic heterocycles. The summed E-state index contributed by atoms with van der Waals surface area (Å²) >= 11 is 0. The quantitative estimate of drug-likeness (QED) is 0.794. The smallest absolute Gasteiger partial charge is 0.255 e. The van der Waals surface area contributed by atoms with Gasteiger partial charge < -0.3 is 9.88 Å². The number of carbonyl (C=O) groups is 1. The van der Waals surface area contributed by atoms with Crippen molar-refractivity contribution in [3.8, 4) is 0 Å². The molecule has 4 nitrogen and oxygen atoms in total. The van der Waals surface area contributed by atoms with Crippen LogP contribution in [0.5, 0.6) is 0 Å². The van der Waals surface area contributed by atoms with E-state index >= 15 is 0 Å². The largest absolute Gasteiger partial charge is 0.346 e. The van der Waals surface area contributed by atoms with Crippen LogP contribution in [0.1, 0.15) is 10.4 Å². The van der Waals surface area contributed by atoms with Crippen molar-refractivity contribution in [3.05, 3.63) is 34.2 Å². The molecule has 82 valence electrons. The predicted molar refractivity (Wildman–Crippen MR) is 50.0 cm³/mol. The van der Waals surface area contributed by atoms with Crippen molar-refractivity contribution in [3.63, 3.8) is 0 Å². The van der Waals surface area contributed by atoms with Gasteiger partial charge in [0.1, 0.15) is 0 Å². The number of pyridine rings is 1. The van der Waals surface area contributed by atoms with Crippen molar-refractivity contribution in [2.75, 3.05) is 6.54 Å². The highest BCUT2D eigenvalue weighted by atomic mass is 19.3. The van der Waals surface area contributed by atoms with E-state index in [-0.39, 0.29) is 11.1 Å². The lowest BCUT2D eigenvalue weighted by atomic mass is 10.2. The Morgan fingerprint density at radius 3 is 2.80 bits per heavy atom. The summed E-state index contributed by atoms with van der Waals surface area (Å²) in [7, 11) is 1.53. The van der Waals surface area contributed by atoms with Gasteiger partial charge in [-0.25, -0.2) is 8.78 Å². The van der Waals surface area contributed by atoms with E-state index < -0.39 is 18.9 Å². The van der Waals surface area contributed by atoms with Crippen molar-refractivity contribution in [2.45, 2.75) is 6.43 Å². The Morgan fingerprint density at radius 2 is 2.27 bits per heavy atom. The van der Waals surface area contributed by atoms with Crippen LogP contribution in [0, 0.1) is 0 Å². The average molecular weight is 216 g/mol. The Kier molecular flexibility index (Phi) is 3.54. The second-order valence-corrected chi connectivity index (χ2v) is 2.97. The first kappa shape index (κ1) is 11.4. The molecule has 1 rings (SSSR count). The van der Waals surface area contributed by atoms with Gasteiger partial charge in [0.15, 0.2) is 0 Å². The summed E-state index contributed by atoms with van der Waals surface area (Å²) in [5, 5.41) is 2.01. The summed E-state index contributed by atoms with van der Waals surface area (Å²) in [6.07, 6.45) is -1.19. The maximum Gasteiger partial charge on any atom is 0.255 e. The first-order valence-corrected chi connectivity index (χ1v) is 4.23. The van der Waals surface area contributed by atoms with Crippen molar-refractivity contribution >= 4 is 5.91 Å². The Balaban J connectivity index is 2.75. The third-order valence-electron chi connectivity index (χ3n) is 1.78. The summed E-state index contributed by atoms with van der Waals surface area (Å²) in [5.41, 5.74) is -0.279. The number of amides is 1. The van der Waals surface area contributed by atoms with Gasteiger partial charge in [0.05, 0.1) is 6.54 Å². The van der Waals surface area contributed by atoms with E-state index in [2.05, 4.69) is 0 Å². The maximum atomic E-state index is 11.8. The Morgan fingerprint density at radius 1 is 1.60 bits per heavy atom. The van der Waals surface area contributed by atoms with Gasteiger partial charge in [-0.05, 0) is 6.07 Å². The van der Waals surface area contributed by atoms with Gasteiger partial charge in [0.2, 0.25) is 0 Å². The molecule has 0 fully saturated rings. The lowest BCUT2D eigenvalue weighted by molar-refractivity contribution is 0.0891. The van der Waals surface area contributed by atoms with Crippen LogP contribution in [0.4, 0.5) is 8.78 Å². The van der Waals surface area contributed by atoms with Crippen LogP contribution in [0.25, 0.3) is 0 Å². The SMILES string of the molecule is Cn1ccc(C(=O)NCC(F)F)cc1=O. The summed E-state index contributed by atoms with van der Waals surface area (Å²) in [4.78, 5) is 22.3. The molecule has 0 spiro atoms. The standard InChI is InChI=1S/C9H10F2N2O2/c1-13-3-2-6(4-8(13)14)9(15)12-5-7(10)11/h2-4,7H,5H2,1H3,(H,12,15). The zero-order valence-electron chi connectivity index (χ0n) is 8.04. The number of rotatable bonds is 3. The Bertz CT molecular complexity index is 415. The molecular formula is C9H10F2N2O2. The average Bonchev–Trinajstić information content (AvgIpc) is 2.18. The van der Waals surface area contributed by atoms with Crippen LogP contribution in [0.15, 0.2) is 23.1 Å². The maximum absolute atomic E-state index is 11.8. The Labute approximate surface area is 84.5 Å². The number of hydrogen-bond donors (Lipinski definition) is 1. The normalized spacial score (nSPS) is 10.4. The minimum Gasteiger partial charge on any atom is -0.346 e. The van der Waals surface area contributed by atoms with Gasteiger partial charge >= 0.3 is 0 Å². The molecule has 0 atom stereocenters. The molecule has 0 aromatic carbocycles. The lowest BCUT2D eigenvalue weighted by Crippen LogP contribution is -2.29. The van der Waals surface area contributed by atoms with Crippen LogP contribution in [0.3, 0.4) is 0 Å². The van der Waals surface area contributed by atoms with E-state index in [0.717, 1.165) is 6.07 Å². The molecule has 0 aliphatic rings. The molecular weight excluding hydrogens is 206 g/mol. The van der Waals surface area contributed by atoms with Gasteiger partial charge in [-0.1, -0.05) is 0 Å². The summed E-state index contributed by atoms with van der Waals surface area (Å²) in [6, 6.07) is 2.49. The first-order chi connectivity index (χ1) is 7.00. The highest BCUT2D eigenvalue weighted by Gasteiger charge is 2.09. The van der Waals surface area contributed by atoms with Crippen molar-refractivity contribution < 1.29 is 13.6 Å². The summed E-state index contributed by atoms with van der Waals surface area (Å²) in [6.45, 7) is -0.714. The number of nitrogens with zero attached hydrogens (tertiary/aromatic N) is 1. The molecule has 1 amide bonds. The number of halogens is 2. The van der Waals surface area contributed by atoms with Gasteiger partial charge in [-0.3, -0.25) is 9.59 Å². The van der Waals surface area contributed by atoms with E-state index in [4.69, 9.17) is 0 Å². The van der Waals surface area contributed by atoms with Crippen LogP contribution < -0.4 is 10.9 Å². The number of nitrogens with one attached hydrogen (secondary N) is 1. The fourth-order valence-electron chi connectivity index (χ4n) is 0.962. The number of carbonyl (C=O) groups excluding carboxylic acids is 1. The second-order valence-electron chi connectivity index (χ2n) is 2.97. The van der Waals surface area contributed by atoms with Gasteiger partial charge in [-0.15, -0.1) is 0 Å².